The van der Waals surface area contributed by atoms with Gasteiger partial charge in [-0.15, -0.1) is 0 Å². The van der Waals surface area contributed by atoms with Crippen molar-refractivity contribution in [1.82, 2.24) is 5.43 Å². The van der Waals surface area contributed by atoms with Crippen LogP contribution in [-0.4, -0.2) is 12.5 Å². The van der Waals surface area contributed by atoms with E-state index in [9.17, 15) is 4.79 Å². The van der Waals surface area contributed by atoms with Gasteiger partial charge >= 0.3 is 0 Å². The first kappa shape index (κ1) is 13.0. The molecule has 0 aromatic heterocycles. The minimum atomic E-state index is -0.175. The van der Waals surface area contributed by atoms with Gasteiger partial charge < -0.3 is 4.74 Å². The molecule has 0 aliphatic rings. The van der Waals surface area contributed by atoms with Crippen LogP contribution in [0, 0.1) is 0 Å². The zero-order valence-electron chi connectivity index (χ0n) is 8.91. The van der Waals surface area contributed by atoms with E-state index in [1.165, 1.54) is 0 Å². The number of rotatable bonds is 6. The largest absolute Gasteiger partial charge is 0.377 e. The number of benzene rings is 1. The number of hydrazine groups is 1. The maximum absolute atomic E-state index is 10.8. The molecule has 0 unspecified atom stereocenters. The Balaban J connectivity index is 2.14. The maximum atomic E-state index is 10.8. The summed E-state index contributed by atoms with van der Waals surface area (Å²) in [5.74, 6) is 4.76. The van der Waals surface area contributed by atoms with Crippen molar-refractivity contribution in [2.75, 3.05) is 6.61 Å². The van der Waals surface area contributed by atoms with Gasteiger partial charge in [0.15, 0.2) is 0 Å². The van der Waals surface area contributed by atoms with Crippen molar-refractivity contribution in [3.05, 3.63) is 34.9 Å². The summed E-state index contributed by atoms with van der Waals surface area (Å²) in [5.41, 5.74) is 3.09. The molecular formula is C11H15ClN2O2. The lowest BCUT2D eigenvalue weighted by atomic mass is 10.2. The number of ether oxygens (including phenoxy) is 1. The highest BCUT2D eigenvalue weighted by Crippen LogP contribution is 2.11. The smallest absolute Gasteiger partial charge is 0.233 e. The number of nitrogens with one attached hydrogen (secondary N) is 1. The van der Waals surface area contributed by atoms with Crippen LogP contribution >= 0.6 is 11.6 Å². The third kappa shape index (κ3) is 5.11. The number of hydrogen-bond acceptors (Lipinski definition) is 3. The van der Waals surface area contributed by atoms with Crippen molar-refractivity contribution >= 4 is 17.5 Å². The number of carbonyl (C=O) groups excluding carboxylic acids is 1. The molecule has 1 rings (SSSR count). The Bertz CT molecular complexity index is 345. The van der Waals surface area contributed by atoms with Crippen molar-refractivity contribution in [2.24, 2.45) is 5.84 Å². The highest BCUT2D eigenvalue weighted by atomic mass is 35.5. The topological polar surface area (TPSA) is 64.3 Å². The molecule has 0 bridgehead atoms. The first-order chi connectivity index (χ1) is 7.72. The Morgan fingerprint density at radius 1 is 1.50 bits per heavy atom. The molecule has 0 fully saturated rings. The van der Waals surface area contributed by atoms with Gasteiger partial charge in [0.1, 0.15) is 0 Å². The van der Waals surface area contributed by atoms with Crippen LogP contribution in [0.25, 0.3) is 0 Å². The van der Waals surface area contributed by atoms with E-state index in [4.69, 9.17) is 22.2 Å². The minimum absolute atomic E-state index is 0.175. The molecular weight excluding hydrogens is 228 g/mol. The third-order valence-electron chi connectivity index (χ3n) is 2.01. The SMILES string of the molecule is NNC(=O)CCCOCc1cccc(Cl)c1. The predicted octanol–water partition coefficient (Wildman–Crippen LogP) is 1.63. The molecule has 88 valence electrons. The fourth-order valence-electron chi connectivity index (χ4n) is 1.22. The summed E-state index contributed by atoms with van der Waals surface area (Å²) in [6, 6.07) is 7.49. The van der Waals surface area contributed by atoms with Crippen molar-refractivity contribution < 1.29 is 9.53 Å². The summed E-state index contributed by atoms with van der Waals surface area (Å²) in [4.78, 5) is 10.8. The van der Waals surface area contributed by atoms with Crippen LogP contribution in [0.2, 0.25) is 5.02 Å². The molecule has 0 heterocycles. The van der Waals surface area contributed by atoms with Gasteiger partial charge in [-0.3, -0.25) is 10.2 Å². The second-order valence-corrected chi connectivity index (χ2v) is 3.79. The van der Waals surface area contributed by atoms with Crippen molar-refractivity contribution in [2.45, 2.75) is 19.4 Å². The molecule has 4 nitrogen and oxygen atoms in total. The van der Waals surface area contributed by atoms with Crippen molar-refractivity contribution in [1.29, 1.82) is 0 Å². The van der Waals surface area contributed by atoms with E-state index in [0.717, 1.165) is 5.56 Å². The lowest BCUT2D eigenvalue weighted by Gasteiger charge is -2.04. The molecule has 1 aromatic rings. The minimum Gasteiger partial charge on any atom is -0.377 e. The van der Waals surface area contributed by atoms with Gasteiger partial charge in [-0.25, -0.2) is 5.84 Å². The Morgan fingerprint density at radius 3 is 3.00 bits per heavy atom. The fourth-order valence-corrected chi connectivity index (χ4v) is 1.44. The molecule has 5 heteroatoms. The normalized spacial score (nSPS) is 10.1. The van der Waals surface area contributed by atoms with Crippen LogP contribution in [0.5, 0.6) is 0 Å². The lowest BCUT2D eigenvalue weighted by Crippen LogP contribution is -2.29. The Labute approximate surface area is 99.7 Å². The summed E-state index contributed by atoms with van der Waals surface area (Å²) >= 11 is 5.82. The third-order valence-corrected chi connectivity index (χ3v) is 2.25. The second kappa shape index (κ2) is 7.22. The van der Waals surface area contributed by atoms with Gasteiger partial charge in [0.05, 0.1) is 6.61 Å². The molecule has 16 heavy (non-hydrogen) atoms. The van der Waals surface area contributed by atoms with Gasteiger partial charge in [0, 0.05) is 18.1 Å². The standard InChI is InChI=1S/C11H15ClN2O2/c12-10-4-1-3-9(7-10)8-16-6-2-5-11(15)14-13/h1,3-4,7H,2,5-6,8,13H2,(H,14,15). The molecule has 1 aromatic carbocycles. The van der Waals surface area contributed by atoms with Crippen LogP contribution in [0.15, 0.2) is 24.3 Å². The van der Waals surface area contributed by atoms with Crippen LogP contribution in [0.4, 0.5) is 0 Å². The van der Waals surface area contributed by atoms with Crippen LogP contribution in [-0.2, 0) is 16.1 Å². The van der Waals surface area contributed by atoms with Gasteiger partial charge in [-0.05, 0) is 24.1 Å². The number of amides is 1. The van der Waals surface area contributed by atoms with E-state index in [1.807, 2.05) is 24.3 Å². The van der Waals surface area contributed by atoms with Crippen molar-refractivity contribution in [3.63, 3.8) is 0 Å². The summed E-state index contributed by atoms with van der Waals surface area (Å²) in [6.07, 6.45) is 1.04. The Kier molecular flexibility index (Phi) is 5.85. The van der Waals surface area contributed by atoms with Crippen molar-refractivity contribution in [3.8, 4) is 0 Å². The molecule has 3 N–H and O–H groups in total. The maximum Gasteiger partial charge on any atom is 0.233 e. The average molecular weight is 243 g/mol. The first-order valence-electron chi connectivity index (χ1n) is 5.04. The van der Waals surface area contributed by atoms with Crippen LogP contribution < -0.4 is 11.3 Å². The summed E-state index contributed by atoms with van der Waals surface area (Å²) in [7, 11) is 0. The molecule has 0 saturated carbocycles. The quantitative estimate of drug-likeness (QED) is 0.345. The fraction of sp³-hybridized carbons (Fsp3) is 0.364. The van der Waals surface area contributed by atoms with E-state index in [0.29, 0.717) is 31.1 Å². The molecule has 0 radical (unpaired) electrons. The zero-order valence-corrected chi connectivity index (χ0v) is 9.67. The summed E-state index contributed by atoms with van der Waals surface area (Å²) in [5, 5.41) is 0.698. The van der Waals surface area contributed by atoms with Crippen LogP contribution in [0.1, 0.15) is 18.4 Å². The highest BCUT2D eigenvalue weighted by molar-refractivity contribution is 6.30. The van der Waals surface area contributed by atoms with E-state index in [1.54, 1.807) is 0 Å². The van der Waals surface area contributed by atoms with E-state index in [2.05, 4.69) is 5.43 Å². The number of nitrogens with two attached hydrogens (primary N) is 1. The van der Waals surface area contributed by atoms with Crippen LogP contribution in [0.3, 0.4) is 0 Å². The second-order valence-electron chi connectivity index (χ2n) is 3.35. The highest BCUT2D eigenvalue weighted by Gasteiger charge is 1.98. The molecule has 0 spiro atoms. The van der Waals surface area contributed by atoms with Gasteiger partial charge in [0.25, 0.3) is 0 Å². The lowest BCUT2D eigenvalue weighted by molar-refractivity contribution is -0.121. The average Bonchev–Trinajstić information content (AvgIpc) is 2.28. The van der Waals surface area contributed by atoms with Gasteiger partial charge in [-0.1, -0.05) is 23.7 Å². The molecule has 0 aliphatic carbocycles. The van der Waals surface area contributed by atoms with Gasteiger partial charge in [-0.2, -0.15) is 0 Å². The van der Waals surface area contributed by atoms with E-state index >= 15 is 0 Å². The molecule has 0 aliphatic heterocycles. The Morgan fingerprint density at radius 2 is 2.31 bits per heavy atom. The predicted molar refractivity (Wildman–Crippen MR) is 62.7 cm³/mol. The van der Waals surface area contributed by atoms with Gasteiger partial charge in [0.2, 0.25) is 5.91 Å². The summed E-state index contributed by atoms with van der Waals surface area (Å²) < 4.78 is 5.39. The number of hydrogen-bond donors (Lipinski definition) is 2. The number of halogens is 1. The summed E-state index contributed by atoms with van der Waals surface area (Å²) in [6.45, 7) is 1.03. The van der Waals surface area contributed by atoms with E-state index in [-0.39, 0.29) is 5.91 Å². The molecule has 0 atom stereocenters. The monoisotopic (exact) mass is 242 g/mol. The zero-order chi connectivity index (χ0) is 11.8. The molecule has 0 saturated heterocycles. The molecule has 1 amide bonds. The van der Waals surface area contributed by atoms with E-state index < -0.39 is 0 Å². The first-order valence-corrected chi connectivity index (χ1v) is 5.42. The Hall–Kier alpha value is -1.10. The number of carbonyl (C=O) groups is 1.